The predicted molar refractivity (Wildman–Crippen MR) is 122 cm³/mol. The van der Waals surface area contributed by atoms with Crippen LogP contribution < -0.4 is 21.1 Å². The van der Waals surface area contributed by atoms with Crippen LogP contribution in [-0.2, 0) is 13.1 Å². The van der Waals surface area contributed by atoms with E-state index in [0.717, 1.165) is 30.8 Å². The van der Waals surface area contributed by atoms with Gasteiger partial charge in [0, 0.05) is 38.9 Å². The maximum atomic E-state index is 12.3. The van der Waals surface area contributed by atoms with Crippen LogP contribution in [0, 0.1) is 0 Å². The summed E-state index contributed by atoms with van der Waals surface area (Å²) in [4.78, 5) is 26.1. The van der Waals surface area contributed by atoms with E-state index in [-0.39, 0.29) is 11.6 Å². The Morgan fingerprint density at radius 3 is 2.47 bits per heavy atom. The molecular formula is C24H28N4O2. The molecule has 3 rings (SSSR count). The number of hydrogen-bond donors (Lipinski definition) is 2. The van der Waals surface area contributed by atoms with Crippen molar-refractivity contribution >= 4 is 17.4 Å². The molecule has 0 fully saturated rings. The smallest absolute Gasteiger partial charge is 0.319 e. The Kier molecular flexibility index (Phi) is 7.66. The summed E-state index contributed by atoms with van der Waals surface area (Å²) in [7, 11) is 2.01. The zero-order chi connectivity index (χ0) is 21.2. The number of para-hydroxylation sites is 2. The number of rotatable bonds is 9. The lowest BCUT2D eigenvalue weighted by atomic mass is 10.2. The van der Waals surface area contributed by atoms with Crippen LogP contribution in [0.5, 0.6) is 0 Å². The average Bonchev–Trinajstić information content (AvgIpc) is 2.76. The number of carbonyl (C=O) groups is 1. The van der Waals surface area contributed by atoms with Gasteiger partial charge < -0.3 is 20.1 Å². The topological polar surface area (TPSA) is 66.4 Å². The van der Waals surface area contributed by atoms with Gasteiger partial charge in [0.2, 0.25) is 5.56 Å². The third-order valence-corrected chi connectivity index (χ3v) is 4.84. The molecule has 2 N–H and O–H groups in total. The van der Waals surface area contributed by atoms with Gasteiger partial charge in [-0.25, -0.2) is 4.79 Å². The van der Waals surface area contributed by atoms with E-state index in [1.807, 2.05) is 55.6 Å². The molecule has 6 heteroatoms. The van der Waals surface area contributed by atoms with Crippen molar-refractivity contribution in [1.82, 2.24) is 9.88 Å². The molecule has 1 heterocycles. The predicted octanol–water partition coefficient (Wildman–Crippen LogP) is 4.09. The molecular weight excluding hydrogens is 376 g/mol. The Morgan fingerprint density at radius 1 is 0.933 bits per heavy atom. The van der Waals surface area contributed by atoms with Gasteiger partial charge in [0.25, 0.3) is 0 Å². The largest absolute Gasteiger partial charge is 0.369 e. The normalized spacial score (nSPS) is 10.4. The summed E-state index contributed by atoms with van der Waals surface area (Å²) in [6, 6.07) is 22.9. The number of urea groups is 1. The van der Waals surface area contributed by atoms with Crippen molar-refractivity contribution < 1.29 is 4.79 Å². The van der Waals surface area contributed by atoms with Crippen LogP contribution >= 0.6 is 0 Å². The van der Waals surface area contributed by atoms with Gasteiger partial charge in [-0.15, -0.1) is 0 Å². The van der Waals surface area contributed by atoms with Crippen LogP contribution in [0.25, 0.3) is 0 Å². The highest BCUT2D eigenvalue weighted by Gasteiger charge is 2.10. The molecule has 0 saturated carbocycles. The lowest BCUT2D eigenvalue weighted by Crippen LogP contribution is -2.30. The van der Waals surface area contributed by atoms with Crippen molar-refractivity contribution in [3.05, 3.63) is 94.9 Å². The minimum Gasteiger partial charge on any atom is -0.369 e. The number of nitrogens with zero attached hydrogens (tertiary/aromatic N) is 2. The van der Waals surface area contributed by atoms with Gasteiger partial charge in [0.15, 0.2) is 0 Å². The highest BCUT2D eigenvalue weighted by atomic mass is 16.2. The van der Waals surface area contributed by atoms with Crippen LogP contribution in [0.4, 0.5) is 16.2 Å². The van der Waals surface area contributed by atoms with E-state index in [1.165, 1.54) is 5.56 Å². The quantitative estimate of drug-likeness (QED) is 0.528. The lowest BCUT2D eigenvalue weighted by molar-refractivity contribution is 0.252. The second-order valence-corrected chi connectivity index (χ2v) is 7.18. The number of benzene rings is 2. The van der Waals surface area contributed by atoms with Gasteiger partial charge in [-0.2, -0.15) is 0 Å². The molecule has 0 radical (unpaired) electrons. The van der Waals surface area contributed by atoms with Crippen LogP contribution in [0.2, 0.25) is 0 Å². The number of carbonyl (C=O) groups excluding carboxylic acids is 1. The maximum Gasteiger partial charge on any atom is 0.319 e. The Labute approximate surface area is 177 Å². The van der Waals surface area contributed by atoms with Crippen LogP contribution in [-0.4, -0.2) is 24.2 Å². The number of pyridine rings is 1. The molecule has 2 amide bonds. The number of anilines is 2. The van der Waals surface area contributed by atoms with Crippen LogP contribution in [0.15, 0.2) is 83.8 Å². The molecule has 0 bridgehead atoms. The van der Waals surface area contributed by atoms with Gasteiger partial charge in [0.05, 0.1) is 11.4 Å². The first-order valence-electron chi connectivity index (χ1n) is 10.2. The summed E-state index contributed by atoms with van der Waals surface area (Å²) in [5, 5.41) is 5.84. The monoisotopic (exact) mass is 404 g/mol. The van der Waals surface area contributed by atoms with Crippen molar-refractivity contribution in [2.24, 2.45) is 0 Å². The molecule has 0 spiro atoms. The van der Waals surface area contributed by atoms with Gasteiger partial charge in [0.1, 0.15) is 0 Å². The molecule has 0 aliphatic heterocycles. The average molecular weight is 405 g/mol. The molecule has 6 nitrogen and oxygen atoms in total. The van der Waals surface area contributed by atoms with Gasteiger partial charge >= 0.3 is 6.03 Å². The number of aromatic nitrogens is 1. The zero-order valence-corrected chi connectivity index (χ0v) is 17.3. The number of hydrogen-bond acceptors (Lipinski definition) is 3. The van der Waals surface area contributed by atoms with Crippen molar-refractivity contribution in [2.45, 2.75) is 25.9 Å². The Bertz CT molecular complexity index is 1000. The van der Waals surface area contributed by atoms with Gasteiger partial charge in [-0.1, -0.05) is 48.5 Å². The molecule has 0 atom stereocenters. The summed E-state index contributed by atoms with van der Waals surface area (Å²) >= 11 is 0. The molecule has 0 aliphatic rings. The Morgan fingerprint density at radius 2 is 1.67 bits per heavy atom. The van der Waals surface area contributed by atoms with Crippen LogP contribution in [0.3, 0.4) is 0 Å². The van der Waals surface area contributed by atoms with Gasteiger partial charge in [-0.05, 0) is 36.6 Å². The molecule has 0 saturated heterocycles. The van der Waals surface area contributed by atoms with Gasteiger partial charge in [-0.3, -0.25) is 4.79 Å². The van der Waals surface area contributed by atoms with Crippen molar-refractivity contribution in [3.63, 3.8) is 0 Å². The lowest BCUT2D eigenvalue weighted by Gasteiger charge is -2.23. The molecule has 3 aromatic rings. The molecule has 2 aromatic carbocycles. The first kappa shape index (κ1) is 21.2. The maximum absolute atomic E-state index is 12.3. The third kappa shape index (κ3) is 6.24. The standard InChI is InChI=1S/C24H28N4O2/c1-27(19-20-11-3-2-4-12-20)22-14-6-5-13-21(22)26-24(30)25-16-8-10-18-28-17-9-7-15-23(28)29/h2-7,9,11-15,17H,8,10,16,18-19H2,1H3,(H2,25,26,30). The minimum atomic E-state index is -0.229. The van der Waals surface area contributed by atoms with E-state index in [0.29, 0.717) is 13.1 Å². The summed E-state index contributed by atoms with van der Waals surface area (Å²) < 4.78 is 1.68. The van der Waals surface area contributed by atoms with E-state index in [4.69, 9.17) is 0 Å². The van der Waals surface area contributed by atoms with E-state index >= 15 is 0 Å². The number of nitrogens with one attached hydrogen (secondary N) is 2. The summed E-state index contributed by atoms with van der Waals surface area (Å²) in [6.45, 7) is 1.95. The fourth-order valence-electron chi connectivity index (χ4n) is 3.28. The Hall–Kier alpha value is -3.54. The summed E-state index contributed by atoms with van der Waals surface area (Å²) in [5.74, 6) is 0. The minimum absolute atomic E-state index is 0.000526. The van der Waals surface area contributed by atoms with Crippen molar-refractivity contribution in [1.29, 1.82) is 0 Å². The highest BCUT2D eigenvalue weighted by Crippen LogP contribution is 2.25. The van der Waals surface area contributed by atoms with E-state index in [1.54, 1.807) is 22.9 Å². The van der Waals surface area contributed by atoms with E-state index < -0.39 is 0 Å². The third-order valence-electron chi connectivity index (χ3n) is 4.84. The zero-order valence-electron chi connectivity index (χ0n) is 17.3. The number of aryl methyl sites for hydroxylation is 1. The molecule has 156 valence electrons. The van der Waals surface area contributed by atoms with Crippen molar-refractivity contribution in [2.75, 3.05) is 23.8 Å². The van der Waals surface area contributed by atoms with E-state index in [2.05, 4.69) is 27.7 Å². The molecule has 0 aliphatic carbocycles. The first-order valence-corrected chi connectivity index (χ1v) is 10.2. The Balaban J connectivity index is 1.47. The number of amides is 2. The second-order valence-electron chi connectivity index (χ2n) is 7.18. The molecule has 30 heavy (non-hydrogen) atoms. The molecule has 1 aromatic heterocycles. The number of unbranched alkanes of at least 4 members (excludes halogenated alkanes) is 1. The summed E-state index contributed by atoms with van der Waals surface area (Å²) in [6.07, 6.45) is 3.40. The fourth-order valence-corrected chi connectivity index (χ4v) is 3.28. The fraction of sp³-hybridized carbons (Fsp3) is 0.250. The summed E-state index contributed by atoms with van der Waals surface area (Å²) in [5.41, 5.74) is 2.93. The SMILES string of the molecule is CN(Cc1ccccc1)c1ccccc1NC(=O)NCCCCn1ccccc1=O. The van der Waals surface area contributed by atoms with Crippen LogP contribution in [0.1, 0.15) is 18.4 Å². The highest BCUT2D eigenvalue weighted by molar-refractivity contribution is 5.93. The first-order chi connectivity index (χ1) is 14.6. The molecule has 0 unspecified atom stereocenters. The van der Waals surface area contributed by atoms with E-state index in [9.17, 15) is 9.59 Å². The second kappa shape index (κ2) is 10.9. The van der Waals surface area contributed by atoms with Crippen molar-refractivity contribution in [3.8, 4) is 0 Å².